The number of hydrogen-bond acceptors (Lipinski definition) is 3. The minimum Gasteiger partial charge on any atom is -0.495 e. The van der Waals surface area contributed by atoms with Gasteiger partial charge in [0.2, 0.25) is 0 Å². The maximum Gasteiger partial charge on any atom is 0.187 e. The SMILES string of the molecule is COc1ccc(N/C=C/C(=O)c2ccc(Br)cc2)cc1Cl. The predicted octanol–water partition coefficient (Wildman–Crippen LogP) is 4.92. The Hall–Kier alpha value is -1.78. The van der Waals surface area contributed by atoms with Crippen LogP contribution in [0, 0.1) is 0 Å². The summed E-state index contributed by atoms with van der Waals surface area (Å²) in [5, 5.41) is 3.51. The van der Waals surface area contributed by atoms with E-state index in [-0.39, 0.29) is 5.78 Å². The van der Waals surface area contributed by atoms with E-state index >= 15 is 0 Å². The van der Waals surface area contributed by atoms with Gasteiger partial charge in [0.05, 0.1) is 12.1 Å². The molecule has 0 unspecified atom stereocenters. The Labute approximate surface area is 136 Å². The van der Waals surface area contributed by atoms with E-state index in [9.17, 15) is 4.79 Å². The van der Waals surface area contributed by atoms with E-state index in [1.807, 2.05) is 18.2 Å². The number of carbonyl (C=O) groups excluding carboxylic acids is 1. The molecule has 3 nitrogen and oxygen atoms in total. The lowest BCUT2D eigenvalue weighted by Gasteiger charge is -2.05. The second kappa shape index (κ2) is 7.29. The van der Waals surface area contributed by atoms with E-state index in [4.69, 9.17) is 16.3 Å². The largest absolute Gasteiger partial charge is 0.495 e. The maximum atomic E-state index is 11.9. The van der Waals surface area contributed by atoms with Gasteiger partial charge in [-0.25, -0.2) is 0 Å². The van der Waals surface area contributed by atoms with Gasteiger partial charge in [0.25, 0.3) is 0 Å². The molecule has 0 fully saturated rings. The summed E-state index contributed by atoms with van der Waals surface area (Å²) in [5.41, 5.74) is 1.41. The zero-order valence-electron chi connectivity index (χ0n) is 11.3. The van der Waals surface area contributed by atoms with Crippen LogP contribution in [0.15, 0.2) is 59.2 Å². The molecule has 2 aromatic rings. The summed E-state index contributed by atoms with van der Waals surface area (Å²) < 4.78 is 6.01. The molecule has 2 rings (SSSR count). The van der Waals surface area contributed by atoms with Gasteiger partial charge in [0, 0.05) is 28.0 Å². The first-order chi connectivity index (χ1) is 10.1. The minimum absolute atomic E-state index is 0.0744. The molecule has 0 radical (unpaired) electrons. The van der Waals surface area contributed by atoms with Crippen molar-refractivity contribution in [1.29, 1.82) is 0 Å². The number of halogens is 2. The molecule has 0 aromatic heterocycles. The average Bonchev–Trinajstić information content (AvgIpc) is 2.48. The molecule has 0 aliphatic heterocycles. The van der Waals surface area contributed by atoms with Crippen LogP contribution in [0.4, 0.5) is 5.69 Å². The lowest BCUT2D eigenvalue weighted by Crippen LogP contribution is -1.96. The smallest absolute Gasteiger partial charge is 0.187 e. The third-order valence-corrected chi connectivity index (χ3v) is 3.59. The van der Waals surface area contributed by atoms with Crippen LogP contribution >= 0.6 is 27.5 Å². The summed E-state index contributed by atoms with van der Waals surface area (Å²) in [6.07, 6.45) is 3.06. The van der Waals surface area contributed by atoms with Crippen LogP contribution in [-0.4, -0.2) is 12.9 Å². The molecule has 0 heterocycles. The quantitative estimate of drug-likeness (QED) is 0.603. The lowest BCUT2D eigenvalue weighted by atomic mass is 10.1. The number of rotatable bonds is 5. The van der Waals surface area contributed by atoms with Crippen LogP contribution in [0.25, 0.3) is 0 Å². The van der Waals surface area contributed by atoms with Gasteiger partial charge in [0.1, 0.15) is 5.75 Å². The number of allylic oxidation sites excluding steroid dienone is 1. The van der Waals surface area contributed by atoms with E-state index in [0.29, 0.717) is 16.3 Å². The first-order valence-electron chi connectivity index (χ1n) is 6.16. The second-order valence-corrected chi connectivity index (χ2v) is 5.52. The molecular formula is C16H13BrClNO2. The summed E-state index contributed by atoms with van der Waals surface area (Å²) in [6.45, 7) is 0. The molecule has 0 aliphatic carbocycles. The molecule has 0 bridgehead atoms. The first kappa shape index (κ1) is 15.6. The Kier molecular flexibility index (Phi) is 5.42. The molecule has 0 saturated heterocycles. The highest BCUT2D eigenvalue weighted by molar-refractivity contribution is 9.10. The zero-order valence-corrected chi connectivity index (χ0v) is 13.6. The van der Waals surface area contributed by atoms with Gasteiger partial charge in [-0.15, -0.1) is 0 Å². The standard InChI is InChI=1S/C16H13BrClNO2/c1-21-16-7-6-13(10-14(16)18)19-9-8-15(20)11-2-4-12(17)5-3-11/h2-10,19H,1H3/b9-8+. The number of methoxy groups -OCH3 is 1. The van der Waals surface area contributed by atoms with Crippen molar-refractivity contribution in [2.45, 2.75) is 0 Å². The third kappa shape index (κ3) is 4.34. The van der Waals surface area contributed by atoms with E-state index < -0.39 is 0 Å². The number of carbonyl (C=O) groups is 1. The topological polar surface area (TPSA) is 38.3 Å². The molecule has 108 valence electrons. The molecule has 0 spiro atoms. The Morgan fingerprint density at radius 1 is 1.24 bits per heavy atom. The summed E-state index contributed by atoms with van der Waals surface area (Å²) in [4.78, 5) is 11.9. The van der Waals surface area contributed by atoms with Crippen LogP contribution in [0.3, 0.4) is 0 Å². The minimum atomic E-state index is -0.0744. The molecule has 21 heavy (non-hydrogen) atoms. The van der Waals surface area contributed by atoms with Gasteiger partial charge >= 0.3 is 0 Å². The molecule has 0 amide bonds. The number of hydrogen-bond donors (Lipinski definition) is 1. The van der Waals surface area contributed by atoms with Crippen LogP contribution in [0.2, 0.25) is 5.02 Å². The van der Waals surface area contributed by atoms with Gasteiger partial charge in [-0.05, 0) is 42.5 Å². The molecule has 2 aromatic carbocycles. The number of ketones is 1. The van der Waals surface area contributed by atoms with Gasteiger partial charge in [-0.3, -0.25) is 4.79 Å². The Bertz CT molecular complexity index is 668. The number of ether oxygens (including phenoxy) is 1. The first-order valence-corrected chi connectivity index (χ1v) is 7.34. The molecule has 0 saturated carbocycles. The van der Waals surface area contributed by atoms with Crippen LogP contribution < -0.4 is 10.1 Å². The monoisotopic (exact) mass is 365 g/mol. The van der Waals surface area contributed by atoms with Crippen molar-refractivity contribution >= 4 is 39.0 Å². The fourth-order valence-electron chi connectivity index (χ4n) is 1.68. The number of benzene rings is 2. The van der Waals surface area contributed by atoms with Crippen LogP contribution in [0.5, 0.6) is 5.75 Å². The molecular weight excluding hydrogens is 354 g/mol. The van der Waals surface area contributed by atoms with Gasteiger partial charge < -0.3 is 10.1 Å². The van der Waals surface area contributed by atoms with Crippen LogP contribution in [-0.2, 0) is 0 Å². The average molecular weight is 367 g/mol. The third-order valence-electron chi connectivity index (χ3n) is 2.77. The van der Waals surface area contributed by atoms with E-state index in [1.165, 1.54) is 6.08 Å². The fourth-order valence-corrected chi connectivity index (χ4v) is 2.20. The zero-order chi connectivity index (χ0) is 15.2. The molecule has 0 aliphatic rings. The summed E-state index contributed by atoms with van der Waals surface area (Å²) >= 11 is 9.35. The van der Waals surface area contributed by atoms with Gasteiger partial charge in [-0.1, -0.05) is 27.5 Å². The van der Waals surface area contributed by atoms with Gasteiger partial charge in [0.15, 0.2) is 5.78 Å². The molecule has 5 heteroatoms. The van der Waals surface area contributed by atoms with Crippen molar-refractivity contribution in [1.82, 2.24) is 0 Å². The fraction of sp³-hybridized carbons (Fsp3) is 0.0625. The van der Waals surface area contributed by atoms with E-state index in [0.717, 1.165) is 10.2 Å². The van der Waals surface area contributed by atoms with Crippen molar-refractivity contribution in [3.63, 3.8) is 0 Å². The Balaban J connectivity index is 2.00. The molecule has 1 N–H and O–H groups in total. The lowest BCUT2D eigenvalue weighted by molar-refractivity contribution is 0.104. The summed E-state index contributed by atoms with van der Waals surface area (Å²) in [6, 6.07) is 12.5. The summed E-state index contributed by atoms with van der Waals surface area (Å²) in [5.74, 6) is 0.534. The summed E-state index contributed by atoms with van der Waals surface area (Å²) in [7, 11) is 1.56. The van der Waals surface area contributed by atoms with Crippen molar-refractivity contribution in [3.05, 3.63) is 69.8 Å². The van der Waals surface area contributed by atoms with E-state index in [1.54, 1.807) is 37.6 Å². The van der Waals surface area contributed by atoms with Gasteiger partial charge in [-0.2, -0.15) is 0 Å². The molecule has 0 atom stereocenters. The Morgan fingerprint density at radius 3 is 2.57 bits per heavy atom. The maximum absolute atomic E-state index is 11.9. The van der Waals surface area contributed by atoms with Crippen molar-refractivity contribution in [2.24, 2.45) is 0 Å². The van der Waals surface area contributed by atoms with Crippen molar-refractivity contribution in [2.75, 3.05) is 12.4 Å². The van der Waals surface area contributed by atoms with E-state index in [2.05, 4.69) is 21.2 Å². The number of anilines is 1. The van der Waals surface area contributed by atoms with Crippen LogP contribution in [0.1, 0.15) is 10.4 Å². The normalized spacial score (nSPS) is 10.6. The van der Waals surface area contributed by atoms with Crippen molar-refractivity contribution < 1.29 is 9.53 Å². The highest BCUT2D eigenvalue weighted by Gasteiger charge is 2.02. The second-order valence-electron chi connectivity index (χ2n) is 4.20. The highest BCUT2D eigenvalue weighted by atomic mass is 79.9. The highest BCUT2D eigenvalue weighted by Crippen LogP contribution is 2.27. The Morgan fingerprint density at radius 2 is 1.95 bits per heavy atom. The predicted molar refractivity (Wildman–Crippen MR) is 89.2 cm³/mol. The van der Waals surface area contributed by atoms with Crippen molar-refractivity contribution in [3.8, 4) is 5.75 Å². The number of nitrogens with one attached hydrogen (secondary N) is 1.